The lowest BCUT2D eigenvalue weighted by molar-refractivity contribution is -0.139. The van der Waals surface area contributed by atoms with Gasteiger partial charge in [0.05, 0.1) is 0 Å². The fourth-order valence-electron chi connectivity index (χ4n) is 2.65. The standard InChI is InChI=1S/C18H14Cl2N2O3/c19-12-5-10(6-13(20)8-12)17(23)22-16(18(24)25)7-11-9-21-15-4-2-1-3-14(11)15/h1-6,8-9,16,21H,7H2,(H,22,23)(H,24,25). The minimum atomic E-state index is -1.12. The first-order chi connectivity index (χ1) is 11.9. The summed E-state index contributed by atoms with van der Waals surface area (Å²) in [6, 6.07) is 10.9. The van der Waals surface area contributed by atoms with Gasteiger partial charge in [-0.3, -0.25) is 4.79 Å². The van der Waals surface area contributed by atoms with Crippen LogP contribution in [0.2, 0.25) is 10.0 Å². The molecule has 0 saturated carbocycles. The second-order valence-corrected chi connectivity index (χ2v) is 6.46. The van der Waals surface area contributed by atoms with E-state index < -0.39 is 17.9 Å². The molecule has 3 aromatic rings. The zero-order valence-corrected chi connectivity index (χ0v) is 14.4. The highest BCUT2D eigenvalue weighted by Gasteiger charge is 2.22. The minimum Gasteiger partial charge on any atom is -0.480 e. The molecule has 1 heterocycles. The molecule has 0 fully saturated rings. The van der Waals surface area contributed by atoms with Crippen LogP contribution in [0.3, 0.4) is 0 Å². The molecule has 0 saturated heterocycles. The molecule has 0 aliphatic rings. The van der Waals surface area contributed by atoms with E-state index in [0.717, 1.165) is 16.5 Å². The Morgan fingerprint density at radius 1 is 1.12 bits per heavy atom. The van der Waals surface area contributed by atoms with Gasteiger partial charge in [0, 0.05) is 39.1 Å². The lowest BCUT2D eigenvalue weighted by Crippen LogP contribution is -2.42. The SMILES string of the molecule is O=C(NC(Cc1c[nH]c2ccccc12)C(=O)O)c1cc(Cl)cc(Cl)c1. The Morgan fingerprint density at radius 2 is 1.80 bits per heavy atom. The maximum absolute atomic E-state index is 12.4. The molecule has 0 spiro atoms. The molecule has 0 aliphatic carbocycles. The summed E-state index contributed by atoms with van der Waals surface area (Å²) >= 11 is 11.8. The Morgan fingerprint density at radius 3 is 2.48 bits per heavy atom. The van der Waals surface area contributed by atoms with Crippen LogP contribution < -0.4 is 5.32 Å². The van der Waals surface area contributed by atoms with E-state index in [1.807, 2.05) is 24.3 Å². The number of fused-ring (bicyclic) bond motifs is 1. The van der Waals surface area contributed by atoms with Crippen LogP contribution in [-0.4, -0.2) is 28.0 Å². The van der Waals surface area contributed by atoms with Crippen molar-refractivity contribution in [1.29, 1.82) is 0 Å². The van der Waals surface area contributed by atoms with Gasteiger partial charge in [0.1, 0.15) is 6.04 Å². The molecule has 3 N–H and O–H groups in total. The number of halogens is 2. The van der Waals surface area contributed by atoms with E-state index in [9.17, 15) is 14.7 Å². The Kier molecular flexibility index (Phi) is 4.97. The monoisotopic (exact) mass is 376 g/mol. The van der Waals surface area contributed by atoms with E-state index in [1.54, 1.807) is 6.20 Å². The molecule has 128 valence electrons. The number of aromatic nitrogens is 1. The van der Waals surface area contributed by atoms with Gasteiger partial charge >= 0.3 is 5.97 Å². The topological polar surface area (TPSA) is 82.2 Å². The first-order valence-electron chi connectivity index (χ1n) is 7.49. The number of nitrogens with one attached hydrogen (secondary N) is 2. The van der Waals surface area contributed by atoms with E-state index in [2.05, 4.69) is 10.3 Å². The first-order valence-corrected chi connectivity index (χ1v) is 8.24. The Bertz CT molecular complexity index is 932. The van der Waals surface area contributed by atoms with Crippen LogP contribution in [0.5, 0.6) is 0 Å². The molecule has 0 radical (unpaired) electrons. The quantitative estimate of drug-likeness (QED) is 0.631. The Labute approximate surface area is 153 Å². The molecular weight excluding hydrogens is 363 g/mol. The van der Waals surface area contributed by atoms with Crippen LogP contribution in [0.1, 0.15) is 15.9 Å². The lowest BCUT2D eigenvalue weighted by atomic mass is 10.0. The maximum atomic E-state index is 12.4. The number of para-hydroxylation sites is 1. The maximum Gasteiger partial charge on any atom is 0.326 e. The van der Waals surface area contributed by atoms with Crippen molar-refractivity contribution in [3.8, 4) is 0 Å². The van der Waals surface area contributed by atoms with Gasteiger partial charge in [-0.25, -0.2) is 4.79 Å². The van der Waals surface area contributed by atoms with Crippen LogP contribution in [-0.2, 0) is 11.2 Å². The van der Waals surface area contributed by atoms with Crippen molar-refractivity contribution in [3.63, 3.8) is 0 Å². The first kappa shape index (κ1) is 17.3. The Balaban J connectivity index is 1.82. The molecule has 1 unspecified atom stereocenters. The normalized spacial score (nSPS) is 12.1. The number of amides is 1. The largest absolute Gasteiger partial charge is 0.480 e. The number of hydrogen-bond donors (Lipinski definition) is 3. The second-order valence-electron chi connectivity index (χ2n) is 5.59. The van der Waals surface area contributed by atoms with Gasteiger partial charge in [0.15, 0.2) is 0 Å². The number of rotatable bonds is 5. The summed E-state index contributed by atoms with van der Waals surface area (Å²) in [5, 5.41) is 13.5. The van der Waals surface area contributed by atoms with Crippen molar-refractivity contribution >= 4 is 46.0 Å². The number of H-pyrrole nitrogens is 1. The third-order valence-electron chi connectivity index (χ3n) is 3.83. The smallest absolute Gasteiger partial charge is 0.326 e. The third kappa shape index (κ3) is 3.95. The molecule has 5 nitrogen and oxygen atoms in total. The number of carboxylic acids is 1. The van der Waals surface area contributed by atoms with Crippen molar-refractivity contribution in [2.45, 2.75) is 12.5 Å². The second kappa shape index (κ2) is 7.17. The number of hydrogen-bond acceptors (Lipinski definition) is 2. The lowest BCUT2D eigenvalue weighted by Gasteiger charge is -2.14. The molecule has 1 amide bonds. The average Bonchev–Trinajstić information content (AvgIpc) is 2.96. The van der Waals surface area contributed by atoms with Crippen molar-refractivity contribution in [1.82, 2.24) is 10.3 Å². The summed E-state index contributed by atoms with van der Waals surface area (Å²) in [6.07, 6.45) is 1.91. The van der Waals surface area contributed by atoms with Crippen LogP contribution in [0.15, 0.2) is 48.7 Å². The molecule has 0 bridgehead atoms. The molecule has 7 heteroatoms. The zero-order chi connectivity index (χ0) is 18.0. The van der Waals surface area contributed by atoms with Gasteiger partial charge in [0.25, 0.3) is 5.91 Å². The van der Waals surface area contributed by atoms with Crippen molar-refractivity contribution < 1.29 is 14.7 Å². The molecule has 3 rings (SSSR count). The highest BCUT2D eigenvalue weighted by atomic mass is 35.5. The summed E-state index contributed by atoms with van der Waals surface area (Å²) in [6.45, 7) is 0. The number of benzene rings is 2. The van der Waals surface area contributed by atoms with E-state index >= 15 is 0 Å². The molecule has 1 atom stereocenters. The number of carboxylic acid groups (broad SMARTS) is 1. The molecular formula is C18H14Cl2N2O3. The molecule has 25 heavy (non-hydrogen) atoms. The predicted molar refractivity (Wildman–Crippen MR) is 97.4 cm³/mol. The molecule has 1 aromatic heterocycles. The van der Waals surface area contributed by atoms with Gasteiger partial charge in [0.2, 0.25) is 0 Å². The van der Waals surface area contributed by atoms with E-state index in [-0.39, 0.29) is 12.0 Å². The Hall–Kier alpha value is -2.50. The van der Waals surface area contributed by atoms with Gasteiger partial charge in [-0.15, -0.1) is 0 Å². The van der Waals surface area contributed by atoms with Gasteiger partial charge in [-0.05, 0) is 29.8 Å². The van der Waals surface area contributed by atoms with Crippen molar-refractivity contribution in [3.05, 3.63) is 69.8 Å². The number of carbonyl (C=O) groups excluding carboxylic acids is 1. The summed E-state index contributed by atoms with van der Waals surface area (Å²) < 4.78 is 0. The van der Waals surface area contributed by atoms with Gasteiger partial charge in [-0.1, -0.05) is 41.4 Å². The predicted octanol–water partition coefficient (Wildman–Crippen LogP) is 3.90. The van der Waals surface area contributed by atoms with E-state index in [1.165, 1.54) is 18.2 Å². The molecule has 2 aromatic carbocycles. The van der Waals surface area contributed by atoms with Crippen LogP contribution in [0.25, 0.3) is 10.9 Å². The highest BCUT2D eigenvalue weighted by Crippen LogP contribution is 2.21. The number of carbonyl (C=O) groups is 2. The average molecular weight is 377 g/mol. The third-order valence-corrected chi connectivity index (χ3v) is 4.26. The van der Waals surface area contributed by atoms with E-state index in [0.29, 0.717) is 10.0 Å². The van der Waals surface area contributed by atoms with Crippen molar-refractivity contribution in [2.75, 3.05) is 0 Å². The summed E-state index contributed by atoms with van der Waals surface area (Å²) in [7, 11) is 0. The summed E-state index contributed by atoms with van der Waals surface area (Å²) in [5.41, 5.74) is 1.93. The van der Waals surface area contributed by atoms with Crippen LogP contribution in [0, 0.1) is 0 Å². The molecule has 0 aliphatic heterocycles. The van der Waals surface area contributed by atoms with Crippen LogP contribution >= 0.6 is 23.2 Å². The van der Waals surface area contributed by atoms with Crippen LogP contribution in [0.4, 0.5) is 0 Å². The highest BCUT2D eigenvalue weighted by molar-refractivity contribution is 6.35. The van der Waals surface area contributed by atoms with E-state index in [4.69, 9.17) is 23.2 Å². The zero-order valence-electron chi connectivity index (χ0n) is 12.9. The van der Waals surface area contributed by atoms with Gasteiger partial charge in [-0.2, -0.15) is 0 Å². The summed E-state index contributed by atoms with van der Waals surface area (Å²) in [4.78, 5) is 27.0. The minimum absolute atomic E-state index is 0.152. The van der Waals surface area contributed by atoms with Gasteiger partial charge < -0.3 is 15.4 Å². The van der Waals surface area contributed by atoms with Crippen molar-refractivity contribution in [2.24, 2.45) is 0 Å². The fourth-order valence-corrected chi connectivity index (χ4v) is 3.17. The summed E-state index contributed by atoms with van der Waals surface area (Å²) in [5.74, 6) is -1.66. The number of aliphatic carboxylic acids is 1. The number of aromatic amines is 1. The fraction of sp³-hybridized carbons (Fsp3) is 0.111.